The van der Waals surface area contributed by atoms with Gasteiger partial charge in [0.25, 0.3) is 5.56 Å². The standard InChI is InChI=1S/C14H24N4O5S/c1-16-9-12(13(20)17(2)14(16)21)24(22,23)15-6-8-18-7-4-3-5-11(18)10-19/h9,11,15,19H,3-8,10H2,1-2H3. The van der Waals surface area contributed by atoms with E-state index in [0.717, 1.165) is 41.1 Å². The van der Waals surface area contributed by atoms with Crippen LogP contribution < -0.4 is 16.0 Å². The minimum atomic E-state index is -4.01. The largest absolute Gasteiger partial charge is 0.395 e. The third-order valence-corrected chi connectivity index (χ3v) is 5.80. The quantitative estimate of drug-likeness (QED) is 0.619. The van der Waals surface area contributed by atoms with Crippen LogP contribution in [0.2, 0.25) is 0 Å². The van der Waals surface area contributed by atoms with Gasteiger partial charge in [0, 0.05) is 39.4 Å². The molecular weight excluding hydrogens is 336 g/mol. The zero-order chi connectivity index (χ0) is 17.9. The number of aryl methyl sites for hydroxylation is 1. The second-order valence-corrected chi connectivity index (χ2v) is 7.75. The lowest BCUT2D eigenvalue weighted by atomic mass is 10.0. The number of aliphatic hydroxyl groups is 1. The lowest BCUT2D eigenvalue weighted by molar-refractivity contribution is 0.0923. The van der Waals surface area contributed by atoms with E-state index < -0.39 is 26.2 Å². The van der Waals surface area contributed by atoms with E-state index in [4.69, 9.17) is 0 Å². The van der Waals surface area contributed by atoms with Gasteiger partial charge < -0.3 is 9.67 Å². The van der Waals surface area contributed by atoms with E-state index >= 15 is 0 Å². The number of piperidine rings is 1. The number of hydrogen-bond donors (Lipinski definition) is 2. The molecule has 1 atom stereocenters. The molecule has 0 aromatic carbocycles. The molecule has 0 radical (unpaired) electrons. The maximum Gasteiger partial charge on any atom is 0.330 e. The first-order valence-corrected chi connectivity index (χ1v) is 9.37. The molecule has 0 saturated carbocycles. The van der Waals surface area contributed by atoms with Crippen molar-refractivity contribution in [2.24, 2.45) is 14.1 Å². The lowest BCUT2D eigenvalue weighted by Gasteiger charge is -2.34. The van der Waals surface area contributed by atoms with Crippen LogP contribution in [-0.2, 0) is 24.1 Å². The van der Waals surface area contributed by atoms with Crippen molar-refractivity contribution >= 4 is 10.0 Å². The van der Waals surface area contributed by atoms with Crippen molar-refractivity contribution in [2.75, 3.05) is 26.2 Å². The first-order chi connectivity index (χ1) is 11.3. The van der Waals surface area contributed by atoms with Crippen molar-refractivity contribution in [1.82, 2.24) is 18.8 Å². The topological polar surface area (TPSA) is 114 Å². The molecule has 2 heterocycles. The zero-order valence-electron chi connectivity index (χ0n) is 13.9. The van der Waals surface area contributed by atoms with Crippen LogP contribution in [0.5, 0.6) is 0 Å². The predicted molar refractivity (Wildman–Crippen MR) is 88.4 cm³/mol. The number of rotatable bonds is 6. The van der Waals surface area contributed by atoms with Crippen LogP contribution in [0.1, 0.15) is 19.3 Å². The molecule has 1 fully saturated rings. The Hall–Kier alpha value is -1.49. The van der Waals surface area contributed by atoms with Gasteiger partial charge in [-0.2, -0.15) is 0 Å². The SMILES string of the molecule is Cn1cc(S(=O)(=O)NCCN2CCCCC2CO)c(=O)n(C)c1=O. The molecule has 0 aliphatic carbocycles. The molecular formula is C14H24N4O5S. The molecule has 1 saturated heterocycles. The molecule has 2 rings (SSSR count). The van der Waals surface area contributed by atoms with Crippen molar-refractivity contribution in [2.45, 2.75) is 30.2 Å². The van der Waals surface area contributed by atoms with Crippen molar-refractivity contribution in [3.8, 4) is 0 Å². The average molecular weight is 360 g/mol. The number of sulfonamides is 1. The Bertz CT molecular complexity index is 798. The highest BCUT2D eigenvalue weighted by molar-refractivity contribution is 7.89. The van der Waals surface area contributed by atoms with Crippen LogP contribution in [-0.4, -0.2) is 59.8 Å². The minimum absolute atomic E-state index is 0.0497. The summed E-state index contributed by atoms with van der Waals surface area (Å²) in [5.41, 5.74) is -1.44. The molecule has 136 valence electrons. The fraction of sp³-hybridized carbons (Fsp3) is 0.714. The molecule has 1 aliphatic heterocycles. The Kier molecular flexibility index (Phi) is 5.97. The van der Waals surface area contributed by atoms with Crippen molar-refractivity contribution in [3.63, 3.8) is 0 Å². The van der Waals surface area contributed by atoms with Crippen molar-refractivity contribution < 1.29 is 13.5 Å². The Morgan fingerprint density at radius 3 is 2.67 bits per heavy atom. The summed E-state index contributed by atoms with van der Waals surface area (Å²) in [7, 11) is -1.38. The van der Waals surface area contributed by atoms with Crippen LogP contribution in [0.25, 0.3) is 0 Å². The molecule has 2 N–H and O–H groups in total. The summed E-state index contributed by atoms with van der Waals surface area (Å²) in [6, 6.07) is 0.0497. The van der Waals surface area contributed by atoms with Gasteiger partial charge in [-0.3, -0.25) is 14.3 Å². The highest BCUT2D eigenvalue weighted by atomic mass is 32.2. The number of likely N-dealkylation sites (tertiary alicyclic amines) is 1. The van der Waals surface area contributed by atoms with Gasteiger partial charge in [0.05, 0.1) is 6.61 Å². The Morgan fingerprint density at radius 2 is 2.00 bits per heavy atom. The van der Waals surface area contributed by atoms with E-state index in [1.165, 1.54) is 14.1 Å². The molecule has 10 heteroatoms. The van der Waals surface area contributed by atoms with E-state index in [1.807, 2.05) is 4.90 Å². The van der Waals surface area contributed by atoms with Crippen molar-refractivity contribution in [1.29, 1.82) is 0 Å². The van der Waals surface area contributed by atoms with Gasteiger partial charge in [-0.1, -0.05) is 6.42 Å². The number of nitrogens with one attached hydrogen (secondary N) is 1. The second kappa shape index (κ2) is 7.60. The summed E-state index contributed by atoms with van der Waals surface area (Å²) in [6.45, 7) is 1.45. The number of hydrogen-bond acceptors (Lipinski definition) is 6. The fourth-order valence-electron chi connectivity index (χ4n) is 2.92. The second-order valence-electron chi connectivity index (χ2n) is 6.02. The minimum Gasteiger partial charge on any atom is -0.395 e. The highest BCUT2D eigenvalue weighted by Crippen LogP contribution is 2.15. The van der Waals surface area contributed by atoms with E-state index in [-0.39, 0.29) is 19.2 Å². The Morgan fingerprint density at radius 1 is 1.29 bits per heavy atom. The highest BCUT2D eigenvalue weighted by Gasteiger charge is 2.24. The Balaban J connectivity index is 2.10. The molecule has 1 aromatic heterocycles. The molecule has 0 spiro atoms. The monoisotopic (exact) mass is 360 g/mol. The van der Waals surface area contributed by atoms with Gasteiger partial charge in [-0.05, 0) is 19.4 Å². The van der Waals surface area contributed by atoms with E-state index in [2.05, 4.69) is 4.72 Å². The van der Waals surface area contributed by atoms with Crippen LogP contribution in [0, 0.1) is 0 Å². The van der Waals surface area contributed by atoms with Gasteiger partial charge >= 0.3 is 5.69 Å². The molecule has 1 aromatic rings. The van der Waals surface area contributed by atoms with Crippen LogP contribution in [0.3, 0.4) is 0 Å². The van der Waals surface area contributed by atoms with Gasteiger partial charge in [0.1, 0.15) is 0 Å². The summed E-state index contributed by atoms with van der Waals surface area (Å²) in [5, 5.41) is 9.37. The normalized spacial score (nSPS) is 19.5. The molecule has 9 nitrogen and oxygen atoms in total. The smallest absolute Gasteiger partial charge is 0.330 e. The zero-order valence-corrected chi connectivity index (χ0v) is 14.8. The summed E-state index contributed by atoms with van der Waals surface area (Å²) >= 11 is 0. The van der Waals surface area contributed by atoms with E-state index in [1.54, 1.807) is 0 Å². The summed E-state index contributed by atoms with van der Waals surface area (Å²) < 4.78 is 28.9. The Labute approximate surface area is 140 Å². The van der Waals surface area contributed by atoms with E-state index in [0.29, 0.717) is 6.54 Å². The van der Waals surface area contributed by atoms with Gasteiger partial charge in [-0.15, -0.1) is 0 Å². The first-order valence-electron chi connectivity index (χ1n) is 7.89. The van der Waals surface area contributed by atoms with Crippen molar-refractivity contribution in [3.05, 3.63) is 27.0 Å². The van der Waals surface area contributed by atoms with Crippen LogP contribution >= 0.6 is 0 Å². The fourth-order valence-corrected chi connectivity index (χ4v) is 4.10. The van der Waals surface area contributed by atoms with Crippen LogP contribution in [0.15, 0.2) is 20.7 Å². The van der Waals surface area contributed by atoms with Gasteiger partial charge in [0.15, 0.2) is 4.90 Å². The molecule has 0 bridgehead atoms. The number of aromatic nitrogens is 2. The van der Waals surface area contributed by atoms with Crippen LogP contribution in [0.4, 0.5) is 0 Å². The third-order valence-electron chi connectivity index (χ3n) is 4.36. The number of aliphatic hydroxyl groups excluding tert-OH is 1. The third kappa shape index (κ3) is 3.94. The van der Waals surface area contributed by atoms with E-state index in [9.17, 15) is 23.1 Å². The maximum absolute atomic E-state index is 12.4. The van der Waals surface area contributed by atoms with Gasteiger partial charge in [0.2, 0.25) is 10.0 Å². The molecule has 0 amide bonds. The number of nitrogens with zero attached hydrogens (tertiary/aromatic N) is 3. The summed E-state index contributed by atoms with van der Waals surface area (Å²) in [4.78, 5) is 25.3. The molecule has 24 heavy (non-hydrogen) atoms. The summed E-state index contributed by atoms with van der Waals surface area (Å²) in [5.74, 6) is 0. The van der Waals surface area contributed by atoms with Gasteiger partial charge in [-0.25, -0.2) is 17.9 Å². The first kappa shape index (κ1) is 18.8. The predicted octanol–water partition coefficient (Wildman–Crippen LogP) is -1.79. The summed E-state index contributed by atoms with van der Waals surface area (Å²) in [6.07, 6.45) is 4.00. The lowest BCUT2D eigenvalue weighted by Crippen LogP contribution is -2.46. The maximum atomic E-state index is 12.4. The molecule has 1 unspecified atom stereocenters. The molecule has 1 aliphatic rings. The average Bonchev–Trinajstić information content (AvgIpc) is 2.56.